The van der Waals surface area contributed by atoms with Gasteiger partial charge >= 0.3 is 0 Å². The largest absolute Gasteiger partial charge is 0.303 e. The molecule has 1 aromatic rings. The Morgan fingerprint density at radius 1 is 1.77 bits per heavy atom. The predicted octanol–water partition coefficient (Wildman–Crippen LogP) is 2.14. The third kappa shape index (κ3) is 1.96. The number of hydrogen-bond acceptors (Lipinski definition) is 3. The average Bonchev–Trinajstić information content (AvgIpc) is 2.70. The molecule has 72 valence electrons. The maximum Gasteiger partial charge on any atom is 0.195 e. The first kappa shape index (κ1) is 9.27. The van der Waals surface area contributed by atoms with E-state index in [-0.39, 0.29) is 0 Å². The molecular weight excluding hydrogens is 202 g/mol. The van der Waals surface area contributed by atoms with Crippen LogP contribution in [0.5, 0.6) is 0 Å². The summed E-state index contributed by atoms with van der Waals surface area (Å²) >= 11 is 7.19. The minimum absolute atomic E-state index is 0.739. The highest BCUT2D eigenvalue weighted by atomic mass is 32.2. The Balaban J connectivity index is 2.12. The summed E-state index contributed by atoms with van der Waals surface area (Å²) in [5, 5.41) is 7.65. The van der Waals surface area contributed by atoms with Crippen molar-refractivity contribution in [2.45, 2.75) is 31.6 Å². The molecule has 0 aromatic carbocycles. The van der Waals surface area contributed by atoms with Crippen molar-refractivity contribution >= 4 is 24.0 Å². The van der Waals surface area contributed by atoms with Crippen LogP contribution < -0.4 is 0 Å². The van der Waals surface area contributed by atoms with Gasteiger partial charge in [-0.05, 0) is 37.7 Å². The predicted molar refractivity (Wildman–Crippen MR) is 57.6 cm³/mol. The number of thioether (sulfide) groups is 1. The summed E-state index contributed by atoms with van der Waals surface area (Å²) in [5.74, 6) is 2.30. The van der Waals surface area contributed by atoms with Gasteiger partial charge in [-0.15, -0.1) is 0 Å². The van der Waals surface area contributed by atoms with Gasteiger partial charge < -0.3 is 4.57 Å². The van der Waals surface area contributed by atoms with Gasteiger partial charge in [0.05, 0.1) is 0 Å². The molecule has 1 aliphatic heterocycles. The molecule has 1 unspecified atom stereocenters. The summed E-state index contributed by atoms with van der Waals surface area (Å²) in [6.45, 7) is 3.01. The SMILES string of the molecule is Cc1n[nH]c(=S)n1CC1CCCS1. The molecule has 1 N–H and O–H groups in total. The highest BCUT2D eigenvalue weighted by Crippen LogP contribution is 2.27. The molecule has 2 rings (SSSR count). The van der Waals surface area contributed by atoms with Crippen LogP contribution in [0.15, 0.2) is 0 Å². The zero-order valence-electron chi connectivity index (χ0n) is 7.62. The summed E-state index contributed by atoms with van der Waals surface area (Å²) < 4.78 is 2.85. The number of aromatic nitrogens is 3. The molecule has 0 saturated carbocycles. The molecule has 0 radical (unpaired) electrons. The van der Waals surface area contributed by atoms with Crippen LogP contribution in [0.4, 0.5) is 0 Å². The van der Waals surface area contributed by atoms with E-state index in [1.807, 2.05) is 18.7 Å². The molecule has 1 saturated heterocycles. The number of nitrogens with one attached hydrogen (secondary N) is 1. The maximum absolute atomic E-state index is 5.14. The number of aromatic amines is 1. The van der Waals surface area contributed by atoms with Crippen molar-refractivity contribution < 1.29 is 0 Å². The third-order valence-corrected chi connectivity index (χ3v) is 4.05. The van der Waals surface area contributed by atoms with Crippen LogP contribution in [-0.4, -0.2) is 25.8 Å². The fraction of sp³-hybridized carbons (Fsp3) is 0.750. The molecule has 2 heterocycles. The van der Waals surface area contributed by atoms with Gasteiger partial charge in [-0.2, -0.15) is 16.9 Å². The van der Waals surface area contributed by atoms with Gasteiger partial charge in [0, 0.05) is 11.8 Å². The van der Waals surface area contributed by atoms with Crippen molar-refractivity contribution in [3.63, 3.8) is 0 Å². The van der Waals surface area contributed by atoms with E-state index in [4.69, 9.17) is 12.2 Å². The average molecular weight is 215 g/mol. The fourth-order valence-electron chi connectivity index (χ4n) is 1.60. The van der Waals surface area contributed by atoms with E-state index in [1.54, 1.807) is 0 Å². The standard InChI is InChI=1S/C8H13N3S2/c1-6-9-10-8(12)11(6)5-7-3-2-4-13-7/h7H,2-5H2,1H3,(H,10,12). The van der Waals surface area contributed by atoms with E-state index in [2.05, 4.69) is 14.8 Å². The molecule has 0 amide bonds. The number of nitrogens with zero attached hydrogens (tertiary/aromatic N) is 2. The van der Waals surface area contributed by atoms with Crippen LogP contribution in [0.3, 0.4) is 0 Å². The van der Waals surface area contributed by atoms with Gasteiger partial charge in [-0.25, -0.2) is 0 Å². The topological polar surface area (TPSA) is 33.6 Å². The Morgan fingerprint density at radius 2 is 2.62 bits per heavy atom. The van der Waals surface area contributed by atoms with E-state index >= 15 is 0 Å². The number of aryl methyl sites for hydroxylation is 1. The molecule has 0 bridgehead atoms. The Morgan fingerprint density at radius 3 is 3.15 bits per heavy atom. The molecule has 1 aromatic heterocycles. The van der Waals surface area contributed by atoms with E-state index in [1.165, 1.54) is 18.6 Å². The number of H-pyrrole nitrogens is 1. The van der Waals surface area contributed by atoms with Crippen molar-refractivity contribution in [2.75, 3.05) is 5.75 Å². The molecule has 0 spiro atoms. The summed E-state index contributed by atoms with van der Waals surface area (Å²) in [6, 6.07) is 0. The summed E-state index contributed by atoms with van der Waals surface area (Å²) in [4.78, 5) is 0. The van der Waals surface area contributed by atoms with Crippen LogP contribution >= 0.6 is 24.0 Å². The molecule has 1 aliphatic rings. The van der Waals surface area contributed by atoms with Crippen molar-refractivity contribution in [1.82, 2.24) is 14.8 Å². The van der Waals surface area contributed by atoms with Gasteiger partial charge in [0.15, 0.2) is 4.77 Å². The van der Waals surface area contributed by atoms with Crippen LogP contribution in [0.2, 0.25) is 0 Å². The van der Waals surface area contributed by atoms with E-state index in [9.17, 15) is 0 Å². The second-order valence-corrected chi connectivity index (χ2v) is 5.12. The van der Waals surface area contributed by atoms with Crippen molar-refractivity contribution in [3.8, 4) is 0 Å². The van der Waals surface area contributed by atoms with Gasteiger partial charge in [0.25, 0.3) is 0 Å². The third-order valence-electron chi connectivity index (χ3n) is 2.36. The first-order valence-corrected chi connectivity index (χ1v) is 5.96. The molecule has 1 atom stereocenters. The lowest BCUT2D eigenvalue weighted by Gasteiger charge is -2.09. The van der Waals surface area contributed by atoms with Crippen molar-refractivity contribution in [3.05, 3.63) is 10.6 Å². The van der Waals surface area contributed by atoms with E-state index < -0.39 is 0 Å². The molecule has 0 aliphatic carbocycles. The first-order valence-electron chi connectivity index (χ1n) is 4.51. The second kappa shape index (κ2) is 3.84. The Bertz CT molecular complexity index is 335. The zero-order chi connectivity index (χ0) is 9.26. The van der Waals surface area contributed by atoms with Gasteiger partial charge in [-0.1, -0.05) is 0 Å². The molecular formula is C8H13N3S2. The smallest absolute Gasteiger partial charge is 0.195 e. The van der Waals surface area contributed by atoms with Crippen LogP contribution in [0, 0.1) is 11.7 Å². The minimum atomic E-state index is 0.739. The number of hydrogen-bond donors (Lipinski definition) is 1. The van der Waals surface area contributed by atoms with Crippen LogP contribution in [0.1, 0.15) is 18.7 Å². The van der Waals surface area contributed by atoms with Crippen molar-refractivity contribution in [1.29, 1.82) is 0 Å². The number of rotatable bonds is 2. The highest BCUT2D eigenvalue weighted by molar-refractivity contribution is 8.00. The minimum Gasteiger partial charge on any atom is -0.303 e. The highest BCUT2D eigenvalue weighted by Gasteiger charge is 2.17. The Hall–Kier alpha value is -0.290. The Kier molecular flexibility index (Phi) is 2.74. The van der Waals surface area contributed by atoms with Gasteiger partial charge in [0.2, 0.25) is 0 Å². The van der Waals surface area contributed by atoms with E-state index in [0.717, 1.165) is 22.4 Å². The molecule has 3 nitrogen and oxygen atoms in total. The second-order valence-electron chi connectivity index (χ2n) is 3.32. The summed E-state index contributed by atoms with van der Waals surface area (Å²) in [7, 11) is 0. The van der Waals surface area contributed by atoms with Gasteiger partial charge in [-0.3, -0.25) is 5.10 Å². The first-order chi connectivity index (χ1) is 6.27. The van der Waals surface area contributed by atoms with E-state index in [0.29, 0.717) is 0 Å². The lowest BCUT2D eigenvalue weighted by molar-refractivity contribution is 0.617. The fourth-order valence-corrected chi connectivity index (χ4v) is 3.11. The van der Waals surface area contributed by atoms with Crippen LogP contribution in [0.25, 0.3) is 0 Å². The van der Waals surface area contributed by atoms with Crippen molar-refractivity contribution in [2.24, 2.45) is 0 Å². The lowest BCUT2D eigenvalue weighted by Crippen LogP contribution is -2.11. The normalized spacial score (nSPS) is 22.4. The Labute approximate surface area is 86.9 Å². The lowest BCUT2D eigenvalue weighted by atomic mass is 10.2. The maximum atomic E-state index is 5.14. The summed E-state index contributed by atoms with van der Waals surface area (Å²) in [6.07, 6.45) is 2.66. The molecule has 13 heavy (non-hydrogen) atoms. The molecule has 5 heteroatoms. The monoisotopic (exact) mass is 215 g/mol. The quantitative estimate of drug-likeness (QED) is 0.767. The zero-order valence-corrected chi connectivity index (χ0v) is 9.25. The molecule has 1 fully saturated rings. The van der Waals surface area contributed by atoms with Crippen LogP contribution in [-0.2, 0) is 6.54 Å². The summed E-state index contributed by atoms with van der Waals surface area (Å²) in [5.41, 5.74) is 0. The van der Waals surface area contributed by atoms with Gasteiger partial charge in [0.1, 0.15) is 5.82 Å².